The van der Waals surface area contributed by atoms with Crippen LogP contribution in [0, 0.1) is 10.1 Å². The Hall–Kier alpha value is -2.97. The topological polar surface area (TPSA) is 88.0 Å². The lowest BCUT2D eigenvalue weighted by atomic mass is 10.1. The number of anilines is 1. The number of amides is 1. The summed E-state index contributed by atoms with van der Waals surface area (Å²) in [4.78, 5) is 28.1. The van der Waals surface area contributed by atoms with Crippen LogP contribution in [0.5, 0.6) is 0 Å². The molecule has 0 aromatic heterocycles. The fourth-order valence-corrected chi connectivity index (χ4v) is 3.64. The number of carbonyl (C=O) groups excluding carboxylic acids is 1. The van der Waals surface area contributed by atoms with Crippen LogP contribution in [0.15, 0.2) is 42.5 Å². The van der Waals surface area contributed by atoms with Crippen molar-refractivity contribution < 1.29 is 14.5 Å². The van der Waals surface area contributed by atoms with Crippen LogP contribution >= 0.6 is 0 Å². The van der Waals surface area contributed by atoms with E-state index in [4.69, 9.17) is 4.74 Å². The van der Waals surface area contributed by atoms with Crippen LogP contribution in [0.1, 0.15) is 35.3 Å². The number of ether oxygens (including phenoxy) is 1. The Morgan fingerprint density at radius 2 is 1.74 bits per heavy atom. The van der Waals surface area contributed by atoms with Crippen molar-refractivity contribution in [3.8, 4) is 0 Å². The first-order valence-electron chi connectivity index (χ1n) is 10.7. The molecule has 166 valence electrons. The van der Waals surface area contributed by atoms with Crippen molar-refractivity contribution in [2.45, 2.75) is 26.9 Å². The molecular weight excluding hydrogens is 396 g/mol. The van der Waals surface area contributed by atoms with Gasteiger partial charge in [0.25, 0.3) is 11.6 Å². The molecule has 1 aliphatic heterocycles. The fraction of sp³-hybridized carbons (Fsp3) is 0.435. The predicted molar refractivity (Wildman–Crippen MR) is 120 cm³/mol. The van der Waals surface area contributed by atoms with Gasteiger partial charge in [0.2, 0.25) is 0 Å². The number of rotatable bonds is 9. The molecule has 0 aliphatic carbocycles. The van der Waals surface area contributed by atoms with E-state index in [1.54, 1.807) is 6.07 Å². The third kappa shape index (κ3) is 6.02. The number of non-ortho nitro benzene ring substituents is 1. The summed E-state index contributed by atoms with van der Waals surface area (Å²) >= 11 is 0. The van der Waals surface area contributed by atoms with Crippen LogP contribution in [-0.4, -0.2) is 55.1 Å². The molecule has 1 aliphatic rings. The summed E-state index contributed by atoms with van der Waals surface area (Å²) in [5.74, 6) is -0.322. The minimum Gasteiger partial charge on any atom is -0.378 e. The van der Waals surface area contributed by atoms with Crippen LogP contribution in [-0.2, 0) is 17.8 Å². The number of nitrogens with one attached hydrogen (secondary N) is 1. The van der Waals surface area contributed by atoms with E-state index in [1.165, 1.54) is 17.7 Å². The second-order valence-electron chi connectivity index (χ2n) is 7.52. The van der Waals surface area contributed by atoms with Crippen LogP contribution < -0.4 is 10.2 Å². The van der Waals surface area contributed by atoms with Crippen LogP contribution in [0.3, 0.4) is 0 Å². The molecule has 31 heavy (non-hydrogen) atoms. The van der Waals surface area contributed by atoms with E-state index in [1.807, 2.05) is 17.0 Å². The number of morpholine rings is 1. The van der Waals surface area contributed by atoms with Crippen molar-refractivity contribution in [2.75, 3.05) is 44.3 Å². The molecule has 2 aromatic rings. The Bertz CT molecular complexity index is 891. The zero-order valence-electron chi connectivity index (χ0n) is 18.2. The van der Waals surface area contributed by atoms with E-state index in [0.29, 0.717) is 44.1 Å². The van der Waals surface area contributed by atoms with Gasteiger partial charge in [-0.25, -0.2) is 0 Å². The van der Waals surface area contributed by atoms with Gasteiger partial charge < -0.3 is 15.0 Å². The van der Waals surface area contributed by atoms with Gasteiger partial charge in [-0.1, -0.05) is 38.1 Å². The number of nitro benzene ring substituents is 1. The van der Waals surface area contributed by atoms with Gasteiger partial charge >= 0.3 is 0 Å². The summed E-state index contributed by atoms with van der Waals surface area (Å²) in [6.45, 7) is 9.98. The van der Waals surface area contributed by atoms with Crippen molar-refractivity contribution in [3.63, 3.8) is 0 Å². The van der Waals surface area contributed by atoms with Crippen molar-refractivity contribution >= 4 is 17.3 Å². The van der Waals surface area contributed by atoms with Gasteiger partial charge in [-0.2, -0.15) is 0 Å². The molecule has 0 bridgehead atoms. The van der Waals surface area contributed by atoms with Gasteiger partial charge in [-0.3, -0.25) is 19.8 Å². The van der Waals surface area contributed by atoms with Gasteiger partial charge in [-0.15, -0.1) is 0 Å². The smallest absolute Gasteiger partial charge is 0.270 e. The van der Waals surface area contributed by atoms with E-state index in [0.717, 1.165) is 25.2 Å². The first-order chi connectivity index (χ1) is 15.0. The highest BCUT2D eigenvalue weighted by atomic mass is 16.6. The molecule has 2 aromatic carbocycles. The van der Waals surface area contributed by atoms with Crippen LogP contribution in [0.4, 0.5) is 11.4 Å². The lowest BCUT2D eigenvalue weighted by Gasteiger charge is -2.30. The number of benzene rings is 2. The summed E-state index contributed by atoms with van der Waals surface area (Å²) in [6, 6.07) is 12.6. The Balaban J connectivity index is 1.70. The van der Waals surface area contributed by atoms with E-state index in [9.17, 15) is 14.9 Å². The van der Waals surface area contributed by atoms with Gasteiger partial charge in [-0.05, 0) is 30.3 Å². The number of nitro groups is 1. The van der Waals surface area contributed by atoms with E-state index in [-0.39, 0.29) is 11.6 Å². The zero-order valence-corrected chi connectivity index (χ0v) is 18.2. The summed E-state index contributed by atoms with van der Waals surface area (Å²) in [6.07, 6.45) is 0. The monoisotopic (exact) mass is 426 g/mol. The molecule has 1 heterocycles. The summed E-state index contributed by atoms with van der Waals surface area (Å²) in [5.41, 5.74) is 3.13. The second-order valence-corrected chi connectivity index (χ2v) is 7.52. The third-order valence-corrected chi connectivity index (χ3v) is 5.56. The average molecular weight is 427 g/mol. The maximum atomic E-state index is 12.9. The average Bonchev–Trinajstić information content (AvgIpc) is 2.81. The Labute approximate surface area is 182 Å². The molecule has 0 atom stereocenters. The predicted octanol–water partition coefficient (Wildman–Crippen LogP) is 3.20. The highest BCUT2D eigenvalue weighted by molar-refractivity contribution is 6.00. The molecule has 0 saturated carbocycles. The third-order valence-electron chi connectivity index (χ3n) is 5.56. The fourth-order valence-electron chi connectivity index (χ4n) is 3.64. The maximum absolute atomic E-state index is 12.9. The number of nitrogens with zero attached hydrogens (tertiary/aromatic N) is 3. The molecule has 0 radical (unpaired) electrons. The zero-order chi connectivity index (χ0) is 22.2. The molecule has 1 amide bonds. The lowest BCUT2D eigenvalue weighted by molar-refractivity contribution is -0.384. The molecule has 0 spiro atoms. The summed E-state index contributed by atoms with van der Waals surface area (Å²) in [5, 5.41) is 14.1. The largest absolute Gasteiger partial charge is 0.378 e. The molecule has 1 fully saturated rings. The molecule has 1 saturated heterocycles. The molecule has 3 rings (SSSR count). The number of carbonyl (C=O) groups is 1. The van der Waals surface area contributed by atoms with Gasteiger partial charge in [0.05, 0.1) is 29.4 Å². The molecule has 1 N–H and O–H groups in total. The number of hydrogen-bond donors (Lipinski definition) is 1. The molecular formula is C23H30N4O4. The van der Waals surface area contributed by atoms with Gasteiger partial charge in [0.1, 0.15) is 0 Å². The SMILES string of the molecule is CCN(CC)Cc1ccc(CNC(=O)c2cc([N+](=O)[O-])ccc2N2CCOCC2)cc1. The summed E-state index contributed by atoms with van der Waals surface area (Å²) in [7, 11) is 0. The van der Waals surface area contributed by atoms with E-state index in [2.05, 4.69) is 36.2 Å². The first kappa shape index (κ1) is 22.7. The minimum absolute atomic E-state index is 0.0945. The highest BCUT2D eigenvalue weighted by Crippen LogP contribution is 2.26. The Morgan fingerprint density at radius 3 is 2.35 bits per heavy atom. The quantitative estimate of drug-likeness (QED) is 0.489. The Kier molecular flexibility index (Phi) is 7.97. The van der Waals surface area contributed by atoms with Gasteiger partial charge in [0, 0.05) is 38.3 Å². The normalized spacial score (nSPS) is 14.0. The van der Waals surface area contributed by atoms with Crippen molar-refractivity contribution in [1.29, 1.82) is 0 Å². The van der Waals surface area contributed by atoms with E-state index >= 15 is 0 Å². The summed E-state index contributed by atoms with van der Waals surface area (Å²) < 4.78 is 5.38. The van der Waals surface area contributed by atoms with Crippen molar-refractivity contribution in [1.82, 2.24) is 10.2 Å². The first-order valence-corrected chi connectivity index (χ1v) is 10.7. The second kappa shape index (κ2) is 10.9. The van der Waals surface area contributed by atoms with Gasteiger partial charge in [0.15, 0.2) is 0 Å². The van der Waals surface area contributed by atoms with Crippen LogP contribution in [0.25, 0.3) is 0 Å². The molecule has 8 heteroatoms. The minimum atomic E-state index is -0.478. The van der Waals surface area contributed by atoms with E-state index < -0.39 is 4.92 Å². The maximum Gasteiger partial charge on any atom is 0.270 e. The van der Waals surface area contributed by atoms with Crippen molar-refractivity contribution in [2.24, 2.45) is 0 Å². The van der Waals surface area contributed by atoms with Crippen LogP contribution in [0.2, 0.25) is 0 Å². The standard InChI is InChI=1S/C23H30N4O4/c1-3-25(4-2)17-19-7-5-18(6-8-19)16-24-23(28)21-15-20(27(29)30)9-10-22(21)26-11-13-31-14-12-26/h5-10,15H,3-4,11-14,16-17H2,1-2H3,(H,24,28). The molecule has 0 unspecified atom stereocenters. The highest BCUT2D eigenvalue weighted by Gasteiger charge is 2.22. The molecule has 8 nitrogen and oxygen atoms in total. The van der Waals surface area contributed by atoms with Crippen molar-refractivity contribution in [3.05, 3.63) is 69.3 Å². The number of hydrogen-bond acceptors (Lipinski definition) is 6. The lowest BCUT2D eigenvalue weighted by Crippen LogP contribution is -2.38. The Morgan fingerprint density at radius 1 is 1.10 bits per heavy atom.